The van der Waals surface area contributed by atoms with Crippen molar-refractivity contribution in [1.82, 2.24) is 0 Å². The zero-order chi connectivity index (χ0) is 12.5. The highest BCUT2D eigenvalue weighted by Crippen LogP contribution is 2.43. The fraction of sp³-hybridized carbons (Fsp3) is 0.312. The second-order valence-corrected chi connectivity index (χ2v) is 4.91. The standard InChI is InChI=1S/C16H16O2/c1-11-15(12-7-3-2-4-8-12)13-9-5-6-10-14(13)18-16(11)17/h2-4,7-8,15H,1,5-6,9-10H2. The second-order valence-electron chi connectivity index (χ2n) is 4.91. The summed E-state index contributed by atoms with van der Waals surface area (Å²) in [6.07, 6.45) is 4.19. The molecule has 2 heteroatoms. The highest BCUT2D eigenvalue weighted by Gasteiger charge is 2.34. The van der Waals surface area contributed by atoms with Gasteiger partial charge in [-0.3, -0.25) is 0 Å². The highest BCUT2D eigenvalue weighted by molar-refractivity contribution is 5.92. The minimum absolute atomic E-state index is 0.0303. The molecule has 1 heterocycles. The van der Waals surface area contributed by atoms with E-state index in [1.165, 1.54) is 12.0 Å². The molecule has 1 aliphatic heterocycles. The summed E-state index contributed by atoms with van der Waals surface area (Å²) in [5, 5.41) is 0. The van der Waals surface area contributed by atoms with Crippen LogP contribution in [0.25, 0.3) is 0 Å². The lowest BCUT2D eigenvalue weighted by Crippen LogP contribution is -2.24. The molecule has 18 heavy (non-hydrogen) atoms. The first kappa shape index (κ1) is 11.3. The van der Waals surface area contributed by atoms with E-state index in [0.717, 1.165) is 30.6 Å². The van der Waals surface area contributed by atoms with Gasteiger partial charge in [-0.25, -0.2) is 4.79 Å². The van der Waals surface area contributed by atoms with Gasteiger partial charge in [0.25, 0.3) is 0 Å². The van der Waals surface area contributed by atoms with Crippen molar-refractivity contribution in [2.75, 3.05) is 0 Å². The SMILES string of the molecule is C=C1C(=O)OC2=C(CCCC2)C1c1ccccc1. The minimum Gasteiger partial charge on any atom is -0.428 e. The Kier molecular flexibility index (Phi) is 2.78. The summed E-state index contributed by atoms with van der Waals surface area (Å²) in [5.74, 6) is 0.666. The number of carbonyl (C=O) groups excluding carboxylic acids is 1. The number of esters is 1. The number of allylic oxidation sites excluding steroid dienone is 2. The summed E-state index contributed by atoms with van der Waals surface area (Å²) < 4.78 is 5.40. The number of rotatable bonds is 1. The van der Waals surface area contributed by atoms with Crippen LogP contribution in [0.3, 0.4) is 0 Å². The molecule has 0 saturated carbocycles. The van der Waals surface area contributed by atoms with Crippen LogP contribution in [-0.2, 0) is 9.53 Å². The van der Waals surface area contributed by atoms with E-state index in [0.29, 0.717) is 5.57 Å². The molecule has 1 aliphatic carbocycles. The number of carbonyl (C=O) groups is 1. The number of ether oxygens (including phenoxy) is 1. The van der Waals surface area contributed by atoms with E-state index in [2.05, 4.69) is 18.7 Å². The molecular formula is C16H16O2. The first-order valence-corrected chi connectivity index (χ1v) is 6.45. The number of hydrogen-bond donors (Lipinski definition) is 0. The van der Waals surface area contributed by atoms with Crippen LogP contribution in [0, 0.1) is 0 Å². The average molecular weight is 240 g/mol. The van der Waals surface area contributed by atoms with Crippen molar-refractivity contribution in [2.24, 2.45) is 0 Å². The summed E-state index contributed by atoms with van der Waals surface area (Å²) >= 11 is 0. The van der Waals surface area contributed by atoms with Crippen LogP contribution >= 0.6 is 0 Å². The topological polar surface area (TPSA) is 26.3 Å². The Hall–Kier alpha value is -1.83. The van der Waals surface area contributed by atoms with Crippen molar-refractivity contribution in [3.63, 3.8) is 0 Å². The van der Waals surface area contributed by atoms with Gasteiger partial charge >= 0.3 is 5.97 Å². The van der Waals surface area contributed by atoms with Crippen molar-refractivity contribution >= 4 is 5.97 Å². The highest BCUT2D eigenvalue weighted by atomic mass is 16.5. The molecule has 92 valence electrons. The van der Waals surface area contributed by atoms with E-state index in [-0.39, 0.29) is 11.9 Å². The molecule has 2 aliphatic rings. The predicted molar refractivity (Wildman–Crippen MR) is 69.9 cm³/mol. The quantitative estimate of drug-likeness (QED) is 0.552. The Morgan fingerprint density at radius 3 is 2.61 bits per heavy atom. The summed E-state index contributed by atoms with van der Waals surface area (Å²) in [4.78, 5) is 11.9. The molecule has 2 nitrogen and oxygen atoms in total. The third kappa shape index (κ3) is 1.78. The van der Waals surface area contributed by atoms with Gasteiger partial charge in [-0.05, 0) is 30.4 Å². The normalized spacial score (nSPS) is 23.7. The van der Waals surface area contributed by atoms with E-state index >= 15 is 0 Å². The van der Waals surface area contributed by atoms with E-state index in [1.54, 1.807) is 0 Å². The van der Waals surface area contributed by atoms with Crippen LogP contribution in [-0.4, -0.2) is 5.97 Å². The molecule has 0 N–H and O–H groups in total. The Labute approximate surface area is 107 Å². The molecule has 0 amide bonds. The van der Waals surface area contributed by atoms with Gasteiger partial charge in [-0.15, -0.1) is 0 Å². The number of benzene rings is 1. The molecular weight excluding hydrogens is 224 g/mol. The Morgan fingerprint density at radius 2 is 1.83 bits per heavy atom. The van der Waals surface area contributed by atoms with Crippen molar-refractivity contribution < 1.29 is 9.53 Å². The molecule has 1 unspecified atom stereocenters. The van der Waals surface area contributed by atoms with E-state index in [1.807, 2.05) is 18.2 Å². The minimum atomic E-state index is -0.260. The molecule has 1 atom stereocenters. The summed E-state index contributed by atoms with van der Waals surface area (Å²) in [5.41, 5.74) is 2.98. The van der Waals surface area contributed by atoms with Crippen molar-refractivity contribution in [2.45, 2.75) is 31.6 Å². The predicted octanol–water partition coefficient (Wildman–Crippen LogP) is 3.71. The fourth-order valence-electron chi connectivity index (χ4n) is 2.88. The van der Waals surface area contributed by atoms with Crippen LogP contribution in [0.1, 0.15) is 37.2 Å². The molecule has 0 saturated heterocycles. The van der Waals surface area contributed by atoms with Gasteiger partial charge in [-0.2, -0.15) is 0 Å². The first-order valence-electron chi connectivity index (χ1n) is 6.45. The zero-order valence-corrected chi connectivity index (χ0v) is 10.3. The van der Waals surface area contributed by atoms with Gasteiger partial charge in [0.2, 0.25) is 0 Å². The Balaban J connectivity index is 2.09. The maximum Gasteiger partial charge on any atom is 0.339 e. The average Bonchev–Trinajstić information content (AvgIpc) is 2.41. The van der Waals surface area contributed by atoms with Crippen molar-refractivity contribution in [3.8, 4) is 0 Å². The van der Waals surface area contributed by atoms with Crippen molar-refractivity contribution in [3.05, 3.63) is 59.4 Å². The van der Waals surface area contributed by atoms with Crippen LogP contribution in [0.4, 0.5) is 0 Å². The second kappa shape index (κ2) is 4.45. The van der Waals surface area contributed by atoms with Gasteiger partial charge < -0.3 is 4.74 Å². The molecule has 3 rings (SSSR count). The van der Waals surface area contributed by atoms with Gasteiger partial charge in [0, 0.05) is 17.9 Å². The largest absolute Gasteiger partial charge is 0.428 e. The molecule has 0 radical (unpaired) electrons. The lowest BCUT2D eigenvalue weighted by Gasteiger charge is -2.32. The van der Waals surface area contributed by atoms with Gasteiger partial charge in [0.15, 0.2) is 0 Å². The molecule has 0 bridgehead atoms. The third-order valence-corrected chi connectivity index (χ3v) is 3.77. The molecule has 1 aromatic carbocycles. The van der Waals surface area contributed by atoms with Crippen LogP contribution in [0.5, 0.6) is 0 Å². The van der Waals surface area contributed by atoms with Gasteiger partial charge in [-0.1, -0.05) is 36.9 Å². The van der Waals surface area contributed by atoms with E-state index in [4.69, 9.17) is 4.74 Å². The number of hydrogen-bond acceptors (Lipinski definition) is 2. The maximum atomic E-state index is 11.9. The first-order chi connectivity index (χ1) is 8.77. The maximum absolute atomic E-state index is 11.9. The van der Waals surface area contributed by atoms with E-state index in [9.17, 15) is 4.79 Å². The Bertz CT molecular complexity index is 525. The zero-order valence-electron chi connectivity index (χ0n) is 10.3. The van der Waals surface area contributed by atoms with Crippen LogP contribution in [0.2, 0.25) is 0 Å². The van der Waals surface area contributed by atoms with Gasteiger partial charge in [0.1, 0.15) is 5.76 Å². The molecule has 0 aromatic heterocycles. The summed E-state index contributed by atoms with van der Waals surface area (Å²) in [6, 6.07) is 10.1. The summed E-state index contributed by atoms with van der Waals surface area (Å²) in [6.45, 7) is 3.94. The summed E-state index contributed by atoms with van der Waals surface area (Å²) in [7, 11) is 0. The van der Waals surface area contributed by atoms with Crippen molar-refractivity contribution in [1.29, 1.82) is 0 Å². The fourth-order valence-corrected chi connectivity index (χ4v) is 2.88. The van der Waals surface area contributed by atoms with E-state index < -0.39 is 0 Å². The lowest BCUT2D eigenvalue weighted by molar-refractivity contribution is -0.136. The third-order valence-electron chi connectivity index (χ3n) is 3.77. The van der Waals surface area contributed by atoms with Crippen LogP contribution in [0.15, 0.2) is 53.8 Å². The lowest BCUT2D eigenvalue weighted by atomic mass is 9.78. The monoisotopic (exact) mass is 240 g/mol. The molecule has 0 spiro atoms. The Morgan fingerprint density at radius 1 is 1.11 bits per heavy atom. The molecule has 0 fully saturated rings. The van der Waals surface area contributed by atoms with Crippen LogP contribution < -0.4 is 0 Å². The molecule has 1 aromatic rings. The van der Waals surface area contributed by atoms with Gasteiger partial charge in [0.05, 0.1) is 0 Å². The smallest absolute Gasteiger partial charge is 0.339 e.